The highest BCUT2D eigenvalue weighted by molar-refractivity contribution is 5.94. The van der Waals surface area contributed by atoms with E-state index >= 15 is 0 Å². The first-order valence-electron chi connectivity index (χ1n) is 11.3. The SMILES string of the molecule is CC(=O)N1c2ccc(-c3ccc(CNC(=O)CNC(=O)OC(C)(C)C)cc3)cc2CCC1C. The zero-order valence-corrected chi connectivity index (χ0v) is 20.0. The molecule has 1 heterocycles. The van der Waals surface area contributed by atoms with Crippen LogP contribution in [0.2, 0.25) is 0 Å². The average molecular weight is 452 g/mol. The van der Waals surface area contributed by atoms with E-state index in [1.165, 1.54) is 5.56 Å². The number of nitrogens with zero attached hydrogens (tertiary/aromatic N) is 1. The monoisotopic (exact) mass is 451 g/mol. The first-order chi connectivity index (χ1) is 15.5. The van der Waals surface area contributed by atoms with Crippen molar-refractivity contribution < 1.29 is 19.1 Å². The van der Waals surface area contributed by atoms with Gasteiger partial charge in [0.2, 0.25) is 11.8 Å². The molecule has 2 N–H and O–H groups in total. The molecule has 0 radical (unpaired) electrons. The minimum absolute atomic E-state index is 0.0731. The second-order valence-electron chi connectivity index (χ2n) is 9.45. The number of benzene rings is 2. The van der Waals surface area contributed by atoms with Crippen LogP contribution in [0.4, 0.5) is 10.5 Å². The third kappa shape index (κ3) is 6.57. The third-order valence-electron chi connectivity index (χ3n) is 5.52. The lowest BCUT2D eigenvalue weighted by Gasteiger charge is -2.34. The van der Waals surface area contributed by atoms with Gasteiger partial charge in [0, 0.05) is 25.2 Å². The fraction of sp³-hybridized carbons (Fsp3) is 0.423. The van der Waals surface area contributed by atoms with Crippen molar-refractivity contribution in [2.75, 3.05) is 11.4 Å². The first kappa shape index (κ1) is 24.3. The molecule has 2 aromatic rings. The summed E-state index contributed by atoms with van der Waals surface area (Å²) in [5, 5.41) is 5.24. The van der Waals surface area contributed by atoms with E-state index < -0.39 is 11.7 Å². The summed E-state index contributed by atoms with van der Waals surface area (Å²) >= 11 is 0. The molecule has 0 spiro atoms. The highest BCUT2D eigenvalue weighted by Crippen LogP contribution is 2.34. The second-order valence-corrected chi connectivity index (χ2v) is 9.45. The maximum absolute atomic E-state index is 12.1. The van der Waals surface area contributed by atoms with Crippen LogP contribution in [0.1, 0.15) is 52.2 Å². The number of anilines is 1. The summed E-state index contributed by atoms with van der Waals surface area (Å²) in [6.45, 7) is 9.22. The Morgan fingerprint density at radius 3 is 2.33 bits per heavy atom. The summed E-state index contributed by atoms with van der Waals surface area (Å²) in [5.74, 6) is -0.215. The van der Waals surface area contributed by atoms with E-state index in [0.29, 0.717) is 6.54 Å². The Balaban J connectivity index is 1.57. The molecule has 1 aliphatic rings. The predicted molar refractivity (Wildman–Crippen MR) is 129 cm³/mol. The Labute approximate surface area is 195 Å². The molecular formula is C26H33N3O4. The minimum Gasteiger partial charge on any atom is -0.444 e. The van der Waals surface area contributed by atoms with Gasteiger partial charge in [0.15, 0.2) is 0 Å². The van der Waals surface area contributed by atoms with Gasteiger partial charge >= 0.3 is 6.09 Å². The van der Waals surface area contributed by atoms with Crippen LogP contribution in [0.3, 0.4) is 0 Å². The van der Waals surface area contributed by atoms with Crippen LogP contribution in [0.5, 0.6) is 0 Å². The zero-order valence-electron chi connectivity index (χ0n) is 20.0. The molecule has 7 heteroatoms. The predicted octanol–water partition coefficient (Wildman–Crippen LogP) is 4.18. The summed E-state index contributed by atoms with van der Waals surface area (Å²) in [6.07, 6.45) is 1.29. The molecule has 0 aliphatic carbocycles. The molecule has 0 saturated carbocycles. The van der Waals surface area contributed by atoms with Gasteiger partial charge in [0.1, 0.15) is 12.1 Å². The number of hydrogen-bond acceptors (Lipinski definition) is 4. The van der Waals surface area contributed by atoms with Crippen LogP contribution in [-0.2, 0) is 27.3 Å². The number of carbonyl (C=O) groups excluding carboxylic acids is 3. The Kier molecular flexibility index (Phi) is 7.41. The normalized spacial score (nSPS) is 15.4. The number of ether oxygens (including phenoxy) is 1. The van der Waals surface area contributed by atoms with Crippen molar-refractivity contribution in [3.8, 4) is 11.1 Å². The first-order valence-corrected chi connectivity index (χ1v) is 11.3. The van der Waals surface area contributed by atoms with Gasteiger partial charge in [0.25, 0.3) is 0 Å². The van der Waals surface area contributed by atoms with Crippen molar-refractivity contribution in [1.29, 1.82) is 0 Å². The highest BCUT2D eigenvalue weighted by Gasteiger charge is 2.26. The van der Waals surface area contributed by atoms with E-state index in [1.807, 2.05) is 41.3 Å². The van der Waals surface area contributed by atoms with Gasteiger partial charge in [-0.25, -0.2) is 4.79 Å². The zero-order chi connectivity index (χ0) is 24.2. The molecule has 2 aromatic carbocycles. The molecule has 176 valence electrons. The van der Waals surface area contributed by atoms with Gasteiger partial charge in [-0.2, -0.15) is 0 Å². The molecule has 3 rings (SSSR count). The Morgan fingerprint density at radius 2 is 1.70 bits per heavy atom. The topological polar surface area (TPSA) is 87.7 Å². The van der Waals surface area contributed by atoms with E-state index in [9.17, 15) is 14.4 Å². The van der Waals surface area contributed by atoms with Crippen molar-refractivity contribution in [2.45, 2.75) is 65.6 Å². The summed E-state index contributed by atoms with van der Waals surface area (Å²) in [6, 6.07) is 14.5. The van der Waals surface area contributed by atoms with Gasteiger partial charge in [0.05, 0.1) is 0 Å². The standard InChI is InChI=1S/C26H33N3O4/c1-17-6-9-22-14-21(12-13-23(22)29(17)18(2)30)20-10-7-19(8-11-20)15-27-24(31)16-28-25(32)33-26(3,4)5/h7-8,10-14,17H,6,9,15-16H2,1-5H3,(H,27,31)(H,28,32). The average Bonchev–Trinajstić information content (AvgIpc) is 2.74. The van der Waals surface area contributed by atoms with Crippen LogP contribution < -0.4 is 15.5 Å². The van der Waals surface area contributed by atoms with Crippen LogP contribution >= 0.6 is 0 Å². The lowest BCUT2D eigenvalue weighted by molar-refractivity contribution is -0.120. The number of alkyl carbamates (subject to hydrolysis) is 1. The molecule has 0 aromatic heterocycles. The minimum atomic E-state index is -0.618. The van der Waals surface area contributed by atoms with Gasteiger partial charge in [-0.3, -0.25) is 9.59 Å². The lowest BCUT2D eigenvalue weighted by Crippen LogP contribution is -2.40. The highest BCUT2D eigenvalue weighted by atomic mass is 16.6. The number of amides is 3. The molecule has 1 unspecified atom stereocenters. The molecule has 1 atom stereocenters. The second kappa shape index (κ2) is 10.1. The Hall–Kier alpha value is -3.35. The van der Waals surface area contributed by atoms with Crippen molar-refractivity contribution >= 4 is 23.6 Å². The maximum atomic E-state index is 12.1. The summed E-state index contributed by atoms with van der Waals surface area (Å²) < 4.78 is 5.11. The molecule has 0 fully saturated rings. The van der Waals surface area contributed by atoms with Crippen LogP contribution in [-0.4, -0.2) is 36.1 Å². The molecule has 0 saturated heterocycles. The summed E-state index contributed by atoms with van der Waals surface area (Å²) in [7, 11) is 0. The number of nitrogens with one attached hydrogen (secondary N) is 2. The van der Waals surface area contributed by atoms with Gasteiger partial charge in [-0.05, 0) is 74.9 Å². The van der Waals surface area contributed by atoms with Crippen molar-refractivity contribution in [1.82, 2.24) is 10.6 Å². The molecule has 1 aliphatic heterocycles. The molecular weight excluding hydrogens is 418 g/mol. The summed E-state index contributed by atoms with van der Waals surface area (Å²) in [5.41, 5.74) is 4.72. The maximum Gasteiger partial charge on any atom is 0.408 e. The van der Waals surface area contributed by atoms with E-state index in [2.05, 4.69) is 23.6 Å². The van der Waals surface area contributed by atoms with E-state index in [1.54, 1.807) is 27.7 Å². The van der Waals surface area contributed by atoms with Crippen LogP contribution in [0, 0.1) is 0 Å². The molecule has 3 amide bonds. The number of fused-ring (bicyclic) bond motifs is 1. The molecule has 33 heavy (non-hydrogen) atoms. The van der Waals surface area contributed by atoms with Crippen LogP contribution in [0.15, 0.2) is 42.5 Å². The smallest absolute Gasteiger partial charge is 0.408 e. The Bertz CT molecular complexity index is 1020. The lowest BCUT2D eigenvalue weighted by atomic mass is 9.93. The quantitative estimate of drug-likeness (QED) is 0.714. The number of aryl methyl sites for hydroxylation is 1. The number of hydrogen-bond donors (Lipinski definition) is 2. The third-order valence-corrected chi connectivity index (χ3v) is 5.52. The van der Waals surface area contributed by atoms with Crippen molar-refractivity contribution in [3.63, 3.8) is 0 Å². The molecule has 0 bridgehead atoms. The molecule has 7 nitrogen and oxygen atoms in total. The van der Waals surface area contributed by atoms with Gasteiger partial charge in [-0.1, -0.05) is 30.3 Å². The number of carbonyl (C=O) groups is 3. The van der Waals surface area contributed by atoms with Gasteiger partial charge in [-0.15, -0.1) is 0 Å². The number of rotatable bonds is 5. The van der Waals surface area contributed by atoms with E-state index in [-0.39, 0.29) is 24.4 Å². The van der Waals surface area contributed by atoms with Crippen LogP contribution in [0.25, 0.3) is 11.1 Å². The fourth-order valence-electron chi connectivity index (χ4n) is 3.96. The van der Waals surface area contributed by atoms with Crippen molar-refractivity contribution in [2.24, 2.45) is 0 Å². The largest absolute Gasteiger partial charge is 0.444 e. The summed E-state index contributed by atoms with van der Waals surface area (Å²) in [4.78, 5) is 37.6. The fourth-order valence-corrected chi connectivity index (χ4v) is 3.96. The van der Waals surface area contributed by atoms with Crippen molar-refractivity contribution in [3.05, 3.63) is 53.6 Å². The van der Waals surface area contributed by atoms with E-state index in [0.717, 1.165) is 35.2 Å². The van der Waals surface area contributed by atoms with E-state index in [4.69, 9.17) is 4.74 Å². The van der Waals surface area contributed by atoms with Gasteiger partial charge < -0.3 is 20.3 Å². The Morgan fingerprint density at radius 1 is 1.03 bits per heavy atom.